The Morgan fingerprint density at radius 3 is 2.31 bits per heavy atom. The van der Waals surface area contributed by atoms with E-state index in [1.54, 1.807) is 25.1 Å². The highest BCUT2D eigenvalue weighted by Gasteiger charge is 2.35. The molecule has 0 aliphatic heterocycles. The zero-order chi connectivity index (χ0) is 22.6. The number of nitrogens with zero attached hydrogens (tertiary/aromatic N) is 2. The Balaban J connectivity index is 2.45. The van der Waals surface area contributed by atoms with Crippen LogP contribution >= 0.6 is 0 Å². The van der Waals surface area contributed by atoms with Crippen LogP contribution in [-0.2, 0) is 16.2 Å². The van der Waals surface area contributed by atoms with Crippen molar-refractivity contribution in [2.24, 2.45) is 5.14 Å². The predicted molar refractivity (Wildman–Crippen MR) is 90.1 cm³/mol. The second-order valence-corrected chi connectivity index (χ2v) is 6.86. The average molecular weight is 385 g/mol. The van der Waals surface area contributed by atoms with Crippen molar-refractivity contribution in [3.8, 4) is 16.9 Å². The van der Waals surface area contributed by atoms with Crippen LogP contribution in [0, 0.1) is 6.92 Å². The minimum atomic E-state index is -4.85. The molecule has 26 heavy (non-hydrogen) atoms. The molecule has 2 aromatic carbocycles. The molecule has 0 saturated carbocycles. The molecule has 0 radical (unpaired) electrons. The molecule has 1 aromatic heterocycles. The number of sulfonamides is 1. The Hall–Kier alpha value is -2.65. The zero-order valence-electron chi connectivity index (χ0n) is 17.2. The van der Waals surface area contributed by atoms with E-state index in [-0.39, 0.29) is 5.69 Å². The van der Waals surface area contributed by atoms with Crippen LogP contribution in [0.2, 0.25) is 0 Å². The summed E-state index contributed by atoms with van der Waals surface area (Å²) >= 11 is 0. The maximum atomic E-state index is 13.4. The van der Waals surface area contributed by atoms with Gasteiger partial charge in [-0.1, -0.05) is 24.3 Å². The highest BCUT2D eigenvalue weighted by atomic mass is 32.2. The molecule has 2 N–H and O–H groups in total. The van der Waals surface area contributed by atoms with Gasteiger partial charge in [0.25, 0.3) is 0 Å². The number of primary sulfonamides is 1. The van der Waals surface area contributed by atoms with Crippen molar-refractivity contribution in [1.82, 2.24) is 9.78 Å². The van der Waals surface area contributed by atoms with Crippen LogP contribution in [0.4, 0.5) is 13.2 Å². The van der Waals surface area contributed by atoms with Gasteiger partial charge in [-0.05, 0) is 42.7 Å². The minimum Gasteiger partial charge on any atom is -0.232 e. The summed E-state index contributed by atoms with van der Waals surface area (Å²) in [5, 5.41) is 8.45. The quantitative estimate of drug-likeness (QED) is 0.749. The van der Waals surface area contributed by atoms with E-state index in [9.17, 15) is 21.6 Å². The molecule has 0 saturated heterocycles. The molecule has 0 fully saturated rings. The molecule has 0 spiro atoms. The number of rotatable bonds is 3. The van der Waals surface area contributed by atoms with Gasteiger partial charge in [0.15, 0.2) is 5.69 Å². The van der Waals surface area contributed by atoms with Gasteiger partial charge in [0.1, 0.15) is 0 Å². The summed E-state index contributed by atoms with van der Waals surface area (Å²) in [6.45, 7) is 1.64. The topological polar surface area (TPSA) is 78.0 Å². The second-order valence-electron chi connectivity index (χ2n) is 5.36. The van der Waals surface area contributed by atoms with Gasteiger partial charge in [-0.25, -0.2) is 18.2 Å². The monoisotopic (exact) mass is 385 g/mol. The molecule has 0 atom stereocenters. The number of aryl methyl sites for hydroxylation is 1. The maximum Gasteiger partial charge on any atom is 0.435 e. The van der Waals surface area contributed by atoms with E-state index in [0.717, 1.165) is 6.07 Å². The third-order valence-corrected chi connectivity index (χ3v) is 4.28. The lowest BCUT2D eigenvalue weighted by atomic mass is 10.1. The first-order valence-corrected chi connectivity index (χ1v) is 8.66. The number of hydrogen-bond acceptors (Lipinski definition) is 3. The van der Waals surface area contributed by atoms with Gasteiger partial charge in [0.2, 0.25) is 10.0 Å². The van der Waals surface area contributed by atoms with Gasteiger partial charge in [0.05, 0.1) is 21.8 Å². The van der Waals surface area contributed by atoms with E-state index >= 15 is 0 Å². The van der Waals surface area contributed by atoms with Gasteiger partial charge in [-0.3, -0.25) is 0 Å². The van der Waals surface area contributed by atoms with E-state index in [1.807, 2.05) is 0 Å². The Morgan fingerprint density at radius 2 is 1.77 bits per heavy atom. The van der Waals surface area contributed by atoms with Crippen LogP contribution in [0.1, 0.15) is 16.7 Å². The van der Waals surface area contributed by atoms with Crippen LogP contribution in [0.25, 0.3) is 16.9 Å². The molecule has 5 nitrogen and oxygen atoms in total. The Kier molecular flexibility index (Phi) is 3.26. The molecule has 0 amide bonds. The van der Waals surface area contributed by atoms with Crippen LogP contribution in [0.15, 0.2) is 59.4 Å². The number of nitrogens with two attached hydrogens (primary N) is 1. The lowest BCUT2D eigenvalue weighted by Crippen LogP contribution is -2.12. The van der Waals surface area contributed by atoms with E-state index < -0.39 is 56.6 Å². The molecular formula is C17H14F3N3O2S. The third-order valence-electron chi connectivity index (χ3n) is 3.51. The second kappa shape index (κ2) is 6.26. The summed E-state index contributed by atoms with van der Waals surface area (Å²) in [6.07, 6.45) is -4.85. The van der Waals surface area contributed by atoms with Crippen molar-refractivity contribution in [2.75, 3.05) is 0 Å². The molecule has 3 aromatic rings. The van der Waals surface area contributed by atoms with Crippen molar-refractivity contribution in [3.05, 3.63) is 65.8 Å². The van der Waals surface area contributed by atoms with Crippen molar-refractivity contribution in [2.45, 2.75) is 18.0 Å². The molecule has 0 unspecified atom stereocenters. The molecule has 0 bridgehead atoms. The molecule has 9 heteroatoms. The van der Waals surface area contributed by atoms with Gasteiger partial charge < -0.3 is 0 Å². The molecule has 1 heterocycles. The van der Waals surface area contributed by atoms with Gasteiger partial charge >= 0.3 is 6.18 Å². The summed E-state index contributed by atoms with van der Waals surface area (Å²) in [5.41, 5.74) is -1.19. The maximum absolute atomic E-state index is 13.4. The van der Waals surface area contributed by atoms with Crippen LogP contribution in [-0.4, -0.2) is 18.2 Å². The fourth-order valence-electron chi connectivity index (χ4n) is 2.28. The highest BCUT2D eigenvalue weighted by molar-refractivity contribution is 7.89. The first kappa shape index (κ1) is 13.5. The smallest absolute Gasteiger partial charge is 0.232 e. The first-order valence-electron chi connectivity index (χ1n) is 9.12. The lowest BCUT2D eigenvalue weighted by molar-refractivity contribution is -0.141. The summed E-state index contributed by atoms with van der Waals surface area (Å²) in [5.74, 6) is 0. The van der Waals surface area contributed by atoms with Crippen molar-refractivity contribution >= 4 is 10.0 Å². The Labute approximate surface area is 153 Å². The average Bonchev–Trinajstić information content (AvgIpc) is 3.05. The predicted octanol–water partition coefficient (Wildman–Crippen LogP) is 3.51. The van der Waals surface area contributed by atoms with Crippen LogP contribution < -0.4 is 5.14 Å². The summed E-state index contributed by atoms with van der Waals surface area (Å²) in [7, 11) is -4.62. The van der Waals surface area contributed by atoms with Crippen molar-refractivity contribution in [1.29, 1.82) is 0 Å². The van der Waals surface area contributed by atoms with Gasteiger partial charge in [-0.15, -0.1) is 0 Å². The van der Waals surface area contributed by atoms with E-state index in [1.165, 1.54) is 6.07 Å². The summed E-state index contributed by atoms with van der Waals surface area (Å²) in [4.78, 5) is -1.05. The SMILES string of the molecule is [2H]c1c([2H])c(S(N)(=O)=O)c([2H])c([2H])c1-n1nc(C(F)(F)F)cc1-c1ccccc1C. The zero-order valence-corrected chi connectivity index (χ0v) is 14.0. The Morgan fingerprint density at radius 1 is 1.15 bits per heavy atom. The molecular weight excluding hydrogens is 367 g/mol. The number of benzene rings is 2. The molecule has 136 valence electrons. The first-order chi connectivity index (χ1) is 13.7. The van der Waals surface area contributed by atoms with Gasteiger partial charge in [-0.2, -0.15) is 18.3 Å². The van der Waals surface area contributed by atoms with Crippen LogP contribution in [0.3, 0.4) is 0 Å². The van der Waals surface area contributed by atoms with Crippen molar-refractivity contribution < 1.29 is 27.1 Å². The minimum absolute atomic E-state index is 0.135. The fraction of sp³-hybridized carbons (Fsp3) is 0.118. The summed E-state index contributed by atoms with van der Waals surface area (Å²) < 4.78 is 96.1. The largest absolute Gasteiger partial charge is 0.435 e. The summed E-state index contributed by atoms with van der Waals surface area (Å²) in [6, 6.07) is 3.31. The normalized spacial score (nSPS) is 14.5. The van der Waals surface area contributed by atoms with Crippen molar-refractivity contribution in [3.63, 3.8) is 0 Å². The molecule has 0 aliphatic rings. The van der Waals surface area contributed by atoms with E-state index in [4.69, 9.17) is 10.6 Å². The standard InChI is InChI=1S/C17H14F3N3O2S/c1-11-4-2-3-5-14(11)15-10-16(17(18,19)20)22-23(15)12-6-8-13(9-7-12)26(21,24)25/h2-10H,1H3,(H2,21,24,25)/i6D,7D,8D,9D. The van der Waals surface area contributed by atoms with Crippen LogP contribution in [0.5, 0.6) is 0 Å². The van der Waals surface area contributed by atoms with E-state index in [2.05, 4.69) is 5.10 Å². The number of aromatic nitrogens is 2. The number of alkyl halides is 3. The van der Waals surface area contributed by atoms with Gasteiger partial charge in [0, 0.05) is 5.56 Å². The fourth-order valence-corrected chi connectivity index (χ4v) is 2.67. The lowest BCUT2D eigenvalue weighted by Gasteiger charge is -2.10. The molecule has 0 aliphatic carbocycles. The third kappa shape index (κ3) is 3.49. The highest BCUT2D eigenvalue weighted by Crippen LogP contribution is 2.34. The van der Waals surface area contributed by atoms with E-state index in [0.29, 0.717) is 15.8 Å². The number of halogens is 3. The number of hydrogen-bond donors (Lipinski definition) is 1. The Bertz CT molecular complexity index is 1240. The molecule has 3 rings (SSSR count).